The minimum Gasteiger partial charge on any atom is -0.103 e. The summed E-state index contributed by atoms with van der Waals surface area (Å²) in [7, 11) is 0. The Morgan fingerprint density at radius 2 is 1.10 bits per heavy atom. The number of rotatable bonds is 8. The molecule has 1 heteroatoms. The number of halogens is 1. The maximum atomic E-state index is 6.06. The van der Waals surface area contributed by atoms with Crippen molar-refractivity contribution in [3.63, 3.8) is 0 Å². The molecule has 3 aliphatic carbocycles. The molecule has 172 valence electrons. The minimum absolute atomic E-state index is 0.774. The van der Waals surface area contributed by atoms with Gasteiger partial charge in [-0.05, 0) is 117 Å². The first kappa shape index (κ1) is 23.4. The van der Waals surface area contributed by atoms with Crippen LogP contribution in [0.2, 0.25) is 5.02 Å². The van der Waals surface area contributed by atoms with Crippen LogP contribution < -0.4 is 0 Å². The molecular weight excluding hydrogens is 396 g/mol. The van der Waals surface area contributed by atoms with Gasteiger partial charge in [0.2, 0.25) is 0 Å². The average Bonchev–Trinajstić information content (AvgIpc) is 2.83. The first-order valence-corrected chi connectivity index (χ1v) is 14.0. The van der Waals surface area contributed by atoms with E-state index in [-0.39, 0.29) is 0 Å². The Bertz CT molecular complexity index is 637. The van der Waals surface area contributed by atoms with Gasteiger partial charge in [-0.25, -0.2) is 0 Å². The van der Waals surface area contributed by atoms with Gasteiger partial charge in [-0.15, -0.1) is 6.58 Å². The molecule has 0 saturated heterocycles. The van der Waals surface area contributed by atoms with Crippen LogP contribution >= 0.6 is 11.6 Å². The lowest BCUT2D eigenvalue weighted by Crippen LogP contribution is -2.26. The fourth-order valence-electron chi connectivity index (χ4n) is 7.24. The molecule has 0 bridgehead atoms. The van der Waals surface area contributed by atoms with Crippen LogP contribution in [-0.2, 0) is 0 Å². The summed E-state index contributed by atoms with van der Waals surface area (Å²) >= 11 is 6.06. The van der Waals surface area contributed by atoms with Gasteiger partial charge in [0.25, 0.3) is 0 Å². The summed E-state index contributed by atoms with van der Waals surface area (Å²) in [6, 6.07) is 8.63. The zero-order valence-electron chi connectivity index (χ0n) is 19.7. The van der Waals surface area contributed by atoms with Gasteiger partial charge in [0.15, 0.2) is 0 Å². The smallest absolute Gasteiger partial charge is 0.0406 e. The predicted molar refractivity (Wildman–Crippen MR) is 136 cm³/mol. The third kappa shape index (κ3) is 6.86. The van der Waals surface area contributed by atoms with Crippen LogP contribution in [0, 0.1) is 29.6 Å². The first-order valence-electron chi connectivity index (χ1n) is 13.6. The second-order valence-corrected chi connectivity index (χ2v) is 11.7. The van der Waals surface area contributed by atoms with Crippen LogP contribution in [0.1, 0.15) is 114 Å². The van der Waals surface area contributed by atoms with E-state index in [4.69, 9.17) is 11.6 Å². The van der Waals surface area contributed by atoms with Crippen molar-refractivity contribution in [3.05, 3.63) is 47.5 Å². The van der Waals surface area contributed by atoms with Crippen molar-refractivity contribution in [2.45, 2.75) is 109 Å². The van der Waals surface area contributed by atoms with E-state index in [1.165, 1.54) is 108 Å². The molecule has 0 unspecified atom stereocenters. The van der Waals surface area contributed by atoms with Gasteiger partial charge in [-0.3, -0.25) is 0 Å². The average molecular weight is 441 g/mol. The Kier molecular flexibility index (Phi) is 9.00. The van der Waals surface area contributed by atoms with E-state index in [0.29, 0.717) is 0 Å². The molecule has 0 amide bonds. The van der Waals surface area contributed by atoms with Crippen molar-refractivity contribution in [2.24, 2.45) is 29.6 Å². The largest absolute Gasteiger partial charge is 0.103 e. The normalized spacial score (nSPS) is 34.4. The fraction of sp³-hybridized carbons (Fsp3) is 0.733. The molecule has 1 aromatic rings. The van der Waals surface area contributed by atoms with Crippen LogP contribution in [0.4, 0.5) is 0 Å². The monoisotopic (exact) mass is 440 g/mol. The molecule has 0 heterocycles. The molecule has 0 aliphatic heterocycles. The van der Waals surface area contributed by atoms with Gasteiger partial charge in [0.05, 0.1) is 0 Å². The first-order chi connectivity index (χ1) is 15.2. The third-order valence-electron chi connectivity index (χ3n) is 9.40. The van der Waals surface area contributed by atoms with Gasteiger partial charge >= 0.3 is 0 Å². The molecule has 3 fully saturated rings. The van der Waals surface area contributed by atoms with Crippen molar-refractivity contribution < 1.29 is 0 Å². The summed E-state index contributed by atoms with van der Waals surface area (Å²) in [5, 5.41) is 0.864. The highest BCUT2D eigenvalue weighted by atomic mass is 35.5. The van der Waals surface area contributed by atoms with E-state index in [1.807, 2.05) is 0 Å². The Balaban J connectivity index is 1.10. The molecule has 0 N–H and O–H groups in total. The standard InChI is InChI=1S/C30H45Cl/c1-2-3-4-23-7-13-26(14-8-23)27-15-9-24(10-16-27)5-6-25-11-17-28(18-12-25)29-19-21-30(31)22-20-29/h2,19-28H,1,3-18H2/t23-,24-,25-,26-,27-,28-. The highest BCUT2D eigenvalue weighted by molar-refractivity contribution is 6.30. The van der Waals surface area contributed by atoms with E-state index in [2.05, 4.69) is 36.9 Å². The van der Waals surface area contributed by atoms with Gasteiger partial charge in [0, 0.05) is 5.02 Å². The summed E-state index contributed by atoms with van der Waals surface area (Å²) in [6.45, 7) is 3.90. The molecule has 1 aromatic carbocycles. The van der Waals surface area contributed by atoms with E-state index in [0.717, 1.165) is 40.5 Å². The van der Waals surface area contributed by atoms with E-state index >= 15 is 0 Å². The molecule has 3 aliphatic rings. The zero-order valence-corrected chi connectivity index (χ0v) is 20.5. The van der Waals surface area contributed by atoms with Crippen LogP contribution in [-0.4, -0.2) is 0 Å². The van der Waals surface area contributed by atoms with Crippen molar-refractivity contribution in [3.8, 4) is 0 Å². The summed E-state index contributed by atoms with van der Waals surface area (Å²) in [5.74, 6) is 5.92. The lowest BCUT2D eigenvalue weighted by atomic mass is 9.68. The second-order valence-electron chi connectivity index (χ2n) is 11.3. The summed E-state index contributed by atoms with van der Waals surface area (Å²) in [6.07, 6.45) is 25.6. The fourth-order valence-corrected chi connectivity index (χ4v) is 7.37. The van der Waals surface area contributed by atoms with Crippen molar-refractivity contribution >= 4 is 11.6 Å². The molecular formula is C30H45Cl. The van der Waals surface area contributed by atoms with Crippen LogP contribution in [0.15, 0.2) is 36.9 Å². The Hall–Kier alpha value is -0.750. The summed E-state index contributed by atoms with van der Waals surface area (Å²) < 4.78 is 0. The molecule has 4 rings (SSSR count). The van der Waals surface area contributed by atoms with Gasteiger partial charge in [-0.2, -0.15) is 0 Å². The highest BCUT2D eigenvalue weighted by Gasteiger charge is 2.31. The third-order valence-corrected chi connectivity index (χ3v) is 9.65. The highest BCUT2D eigenvalue weighted by Crippen LogP contribution is 2.44. The molecule has 0 radical (unpaired) electrons. The lowest BCUT2D eigenvalue weighted by molar-refractivity contribution is 0.137. The Morgan fingerprint density at radius 3 is 1.58 bits per heavy atom. The van der Waals surface area contributed by atoms with Crippen LogP contribution in [0.25, 0.3) is 0 Å². The maximum Gasteiger partial charge on any atom is 0.0406 e. The van der Waals surface area contributed by atoms with Crippen LogP contribution in [0.5, 0.6) is 0 Å². The molecule has 31 heavy (non-hydrogen) atoms. The lowest BCUT2D eigenvalue weighted by Gasteiger charge is -2.38. The Labute approximate surface area is 197 Å². The van der Waals surface area contributed by atoms with Gasteiger partial charge in [-0.1, -0.05) is 68.3 Å². The van der Waals surface area contributed by atoms with E-state index in [9.17, 15) is 0 Å². The number of hydrogen-bond acceptors (Lipinski definition) is 0. The summed E-state index contributed by atoms with van der Waals surface area (Å²) in [4.78, 5) is 0. The zero-order chi connectivity index (χ0) is 21.5. The molecule has 0 atom stereocenters. The molecule has 0 nitrogen and oxygen atoms in total. The number of hydrogen-bond donors (Lipinski definition) is 0. The van der Waals surface area contributed by atoms with Crippen molar-refractivity contribution in [1.82, 2.24) is 0 Å². The second kappa shape index (κ2) is 11.9. The SMILES string of the molecule is C=CCC[C@H]1CC[C@H]([C@H]2CC[C@H](CC[C@H]3CC[C@H](c4ccc(Cl)cc4)CC3)CC2)CC1. The Morgan fingerprint density at radius 1 is 0.645 bits per heavy atom. The van der Waals surface area contributed by atoms with Crippen molar-refractivity contribution in [1.29, 1.82) is 0 Å². The number of allylic oxidation sites excluding steroid dienone is 1. The topological polar surface area (TPSA) is 0 Å². The molecule has 0 spiro atoms. The maximum absolute atomic E-state index is 6.06. The quantitative estimate of drug-likeness (QED) is 0.352. The van der Waals surface area contributed by atoms with E-state index < -0.39 is 0 Å². The molecule has 0 aromatic heterocycles. The predicted octanol–water partition coefficient (Wildman–Crippen LogP) is 9.97. The summed E-state index contributed by atoms with van der Waals surface area (Å²) in [5.41, 5.74) is 1.51. The minimum atomic E-state index is 0.774. The van der Waals surface area contributed by atoms with Crippen LogP contribution in [0.3, 0.4) is 0 Å². The van der Waals surface area contributed by atoms with Crippen molar-refractivity contribution in [2.75, 3.05) is 0 Å². The molecule has 3 saturated carbocycles. The number of benzene rings is 1. The van der Waals surface area contributed by atoms with Gasteiger partial charge < -0.3 is 0 Å². The van der Waals surface area contributed by atoms with Gasteiger partial charge in [0.1, 0.15) is 0 Å². The van der Waals surface area contributed by atoms with E-state index in [1.54, 1.807) is 0 Å².